The Morgan fingerprint density at radius 2 is 1.58 bits per heavy atom. The van der Waals surface area contributed by atoms with Gasteiger partial charge in [-0.2, -0.15) is 13.2 Å². The molecule has 26 heavy (non-hydrogen) atoms. The normalized spacial score (nSPS) is 11.0. The number of rotatable bonds is 4. The molecule has 0 saturated carbocycles. The smallest absolute Gasteiger partial charge is 0.418 e. The fourth-order valence-electron chi connectivity index (χ4n) is 2.22. The summed E-state index contributed by atoms with van der Waals surface area (Å²) in [7, 11) is 4.46. The molecule has 0 atom stereocenters. The molecule has 0 fully saturated rings. The number of carbonyl (C=O) groups is 2. The summed E-state index contributed by atoms with van der Waals surface area (Å²) in [5.41, 5.74) is -0.580. The third-order valence-corrected chi connectivity index (χ3v) is 3.64. The van der Waals surface area contributed by atoms with Gasteiger partial charge < -0.3 is 15.0 Å². The van der Waals surface area contributed by atoms with E-state index in [1.54, 1.807) is 14.1 Å². The topological polar surface area (TPSA) is 58.6 Å². The van der Waals surface area contributed by atoms with Crippen LogP contribution in [0.1, 0.15) is 26.3 Å². The molecule has 2 aromatic carbocycles. The summed E-state index contributed by atoms with van der Waals surface area (Å²) in [6.45, 7) is 0. The molecule has 0 aliphatic carbocycles. The summed E-state index contributed by atoms with van der Waals surface area (Å²) in [6.07, 6.45) is -4.62. The molecule has 0 bridgehead atoms. The van der Waals surface area contributed by atoms with Crippen LogP contribution in [0.5, 0.6) is 0 Å². The molecule has 0 aliphatic heterocycles. The highest BCUT2D eigenvalue weighted by atomic mass is 19.4. The van der Waals surface area contributed by atoms with Crippen LogP contribution in [0.4, 0.5) is 24.5 Å². The van der Waals surface area contributed by atoms with E-state index in [9.17, 15) is 22.8 Å². The van der Waals surface area contributed by atoms with E-state index in [0.717, 1.165) is 6.07 Å². The minimum absolute atomic E-state index is 0.113. The number of halogens is 3. The Balaban J connectivity index is 2.29. The molecule has 0 spiro atoms. The van der Waals surface area contributed by atoms with Crippen LogP contribution >= 0.6 is 0 Å². The van der Waals surface area contributed by atoms with Crippen LogP contribution in [0.2, 0.25) is 0 Å². The van der Waals surface area contributed by atoms with E-state index in [4.69, 9.17) is 0 Å². The van der Waals surface area contributed by atoms with E-state index in [1.165, 1.54) is 48.4 Å². The van der Waals surface area contributed by atoms with E-state index < -0.39 is 23.6 Å². The lowest BCUT2D eigenvalue weighted by Crippen LogP contribution is -2.18. The second-order valence-corrected chi connectivity index (χ2v) is 5.65. The predicted molar refractivity (Wildman–Crippen MR) is 91.5 cm³/mol. The summed E-state index contributed by atoms with van der Waals surface area (Å²) < 4.78 is 44.5. The van der Waals surface area contributed by atoms with Gasteiger partial charge in [0.15, 0.2) is 0 Å². The van der Waals surface area contributed by atoms with Crippen molar-refractivity contribution in [3.63, 3.8) is 0 Å². The van der Waals surface area contributed by atoms with Crippen molar-refractivity contribution in [2.24, 2.45) is 0 Å². The Morgan fingerprint density at radius 1 is 1.00 bits per heavy atom. The standard InChI is InChI=1S/C18H17F3N2O3/c1-23(2)13-8-9-15(14(10-13)18(19,20)21)22-16(24)11-4-6-12(7-5-11)17(25)26-3/h4-10H,1-3H3,(H,22,24). The first-order valence-corrected chi connectivity index (χ1v) is 7.52. The van der Waals surface area contributed by atoms with Gasteiger partial charge in [-0.15, -0.1) is 0 Å². The molecule has 0 unspecified atom stereocenters. The van der Waals surface area contributed by atoms with Crippen molar-refractivity contribution in [1.82, 2.24) is 0 Å². The molecular formula is C18H17F3N2O3. The number of alkyl halides is 3. The van der Waals surface area contributed by atoms with E-state index in [-0.39, 0.29) is 16.8 Å². The molecule has 1 amide bonds. The Morgan fingerprint density at radius 3 is 2.08 bits per heavy atom. The highest BCUT2D eigenvalue weighted by molar-refractivity contribution is 6.05. The minimum atomic E-state index is -4.62. The van der Waals surface area contributed by atoms with Crippen LogP contribution in [0, 0.1) is 0 Å². The Labute approximate surface area is 148 Å². The maximum Gasteiger partial charge on any atom is 0.418 e. The van der Waals surface area contributed by atoms with Gasteiger partial charge in [-0.05, 0) is 42.5 Å². The van der Waals surface area contributed by atoms with Crippen molar-refractivity contribution in [3.8, 4) is 0 Å². The average molecular weight is 366 g/mol. The van der Waals surface area contributed by atoms with Gasteiger partial charge in [0.1, 0.15) is 0 Å². The molecule has 1 N–H and O–H groups in total. The first kappa shape index (κ1) is 19.3. The molecule has 0 saturated heterocycles. The van der Waals surface area contributed by atoms with Gasteiger partial charge >= 0.3 is 12.1 Å². The number of methoxy groups -OCH3 is 1. The lowest BCUT2D eigenvalue weighted by atomic mass is 10.1. The van der Waals surface area contributed by atoms with E-state index in [2.05, 4.69) is 10.1 Å². The first-order valence-electron chi connectivity index (χ1n) is 7.52. The highest BCUT2D eigenvalue weighted by Crippen LogP contribution is 2.37. The zero-order valence-corrected chi connectivity index (χ0v) is 14.3. The Bertz CT molecular complexity index is 815. The maximum atomic E-state index is 13.3. The van der Waals surface area contributed by atoms with Gasteiger partial charge in [0.2, 0.25) is 0 Å². The molecule has 2 aromatic rings. The Kier molecular flexibility index (Phi) is 5.54. The van der Waals surface area contributed by atoms with Crippen molar-refractivity contribution in [3.05, 3.63) is 59.2 Å². The number of nitrogens with one attached hydrogen (secondary N) is 1. The molecule has 0 heterocycles. The summed E-state index contributed by atoms with van der Waals surface area (Å²) >= 11 is 0. The third-order valence-electron chi connectivity index (χ3n) is 3.64. The molecule has 8 heteroatoms. The monoisotopic (exact) mass is 366 g/mol. The van der Waals surface area contributed by atoms with E-state index >= 15 is 0 Å². The lowest BCUT2D eigenvalue weighted by Gasteiger charge is -2.18. The number of esters is 1. The van der Waals surface area contributed by atoms with Crippen LogP contribution in [-0.2, 0) is 10.9 Å². The zero-order valence-electron chi connectivity index (χ0n) is 14.3. The van der Waals surface area contributed by atoms with Crippen LogP contribution in [0.25, 0.3) is 0 Å². The van der Waals surface area contributed by atoms with Crippen LogP contribution in [0.3, 0.4) is 0 Å². The second kappa shape index (κ2) is 7.47. The number of hydrogen-bond donors (Lipinski definition) is 1. The lowest BCUT2D eigenvalue weighted by molar-refractivity contribution is -0.136. The number of ether oxygens (including phenoxy) is 1. The summed E-state index contributed by atoms with van der Waals surface area (Å²) in [5, 5.41) is 2.27. The first-order chi connectivity index (χ1) is 12.1. The molecule has 0 aromatic heterocycles. The van der Waals surface area contributed by atoms with Crippen LogP contribution in [0.15, 0.2) is 42.5 Å². The third kappa shape index (κ3) is 4.33. The number of anilines is 2. The number of amides is 1. The SMILES string of the molecule is COC(=O)c1ccc(C(=O)Nc2ccc(N(C)C)cc2C(F)(F)F)cc1. The summed E-state index contributed by atoms with van der Waals surface area (Å²) in [6, 6.07) is 9.05. The largest absolute Gasteiger partial charge is 0.465 e. The van der Waals surface area contributed by atoms with E-state index in [1.807, 2.05) is 0 Å². The van der Waals surface area contributed by atoms with Crippen molar-refractivity contribution >= 4 is 23.3 Å². The number of carbonyl (C=O) groups excluding carboxylic acids is 2. The van der Waals surface area contributed by atoms with Gasteiger partial charge in [-0.25, -0.2) is 4.79 Å². The maximum absolute atomic E-state index is 13.3. The summed E-state index contributed by atoms with van der Waals surface area (Å²) in [4.78, 5) is 25.2. The van der Waals surface area contributed by atoms with Crippen molar-refractivity contribution < 1.29 is 27.5 Å². The quantitative estimate of drug-likeness (QED) is 0.836. The molecule has 0 aliphatic rings. The molecule has 138 valence electrons. The molecular weight excluding hydrogens is 349 g/mol. The van der Waals surface area contributed by atoms with Crippen molar-refractivity contribution in [2.45, 2.75) is 6.18 Å². The zero-order chi connectivity index (χ0) is 19.5. The fraction of sp³-hybridized carbons (Fsp3) is 0.222. The number of benzene rings is 2. The van der Waals surface area contributed by atoms with Gasteiger partial charge in [-0.3, -0.25) is 4.79 Å². The van der Waals surface area contributed by atoms with Crippen molar-refractivity contribution in [1.29, 1.82) is 0 Å². The molecule has 2 rings (SSSR count). The fourth-order valence-corrected chi connectivity index (χ4v) is 2.22. The van der Waals surface area contributed by atoms with Crippen LogP contribution < -0.4 is 10.2 Å². The van der Waals surface area contributed by atoms with Gasteiger partial charge in [0.25, 0.3) is 5.91 Å². The van der Waals surface area contributed by atoms with Gasteiger partial charge in [-0.1, -0.05) is 0 Å². The minimum Gasteiger partial charge on any atom is -0.465 e. The highest BCUT2D eigenvalue weighted by Gasteiger charge is 2.34. The van der Waals surface area contributed by atoms with E-state index in [0.29, 0.717) is 5.69 Å². The predicted octanol–water partition coefficient (Wildman–Crippen LogP) is 3.81. The number of nitrogens with zero attached hydrogens (tertiary/aromatic N) is 1. The Hall–Kier alpha value is -3.03. The molecule has 5 nitrogen and oxygen atoms in total. The van der Waals surface area contributed by atoms with Gasteiger partial charge in [0, 0.05) is 25.3 Å². The van der Waals surface area contributed by atoms with Gasteiger partial charge in [0.05, 0.1) is 23.9 Å². The summed E-state index contributed by atoms with van der Waals surface area (Å²) in [5.74, 6) is -1.29. The number of hydrogen-bond acceptors (Lipinski definition) is 4. The second-order valence-electron chi connectivity index (χ2n) is 5.65. The molecule has 0 radical (unpaired) electrons. The average Bonchev–Trinajstić information content (AvgIpc) is 2.60. The van der Waals surface area contributed by atoms with Crippen LogP contribution in [-0.4, -0.2) is 33.1 Å². The van der Waals surface area contributed by atoms with Crippen molar-refractivity contribution in [2.75, 3.05) is 31.4 Å².